The summed E-state index contributed by atoms with van der Waals surface area (Å²) in [6.07, 6.45) is 0.632. The van der Waals surface area contributed by atoms with Crippen LogP contribution in [0.15, 0.2) is 12.2 Å². The summed E-state index contributed by atoms with van der Waals surface area (Å²) >= 11 is 0. The van der Waals surface area contributed by atoms with Crippen LogP contribution in [0.4, 0.5) is 0 Å². The molecule has 8 nitrogen and oxygen atoms in total. The lowest BCUT2D eigenvalue weighted by Crippen LogP contribution is -2.50. The van der Waals surface area contributed by atoms with Gasteiger partial charge in [-0.1, -0.05) is 6.58 Å². The smallest absolute Gasteiger partial charge is 0.338 e. The van der Waals surface area contributed by atoms with Gasteiger partial charge in [-0.3, -0.25) is 0 Å². The first-order valence-corrected chi connectivity index (χ1v) is 9.07. The number of ether oxygens (including phenoxy) is 3. The van der Waals surface area contributed by atoms with Gasteiger partial charge in [-0.25, -0.2) is 9.59 Å². The van der Waals surface area contributed by atoms with E-state index in [1.165, 1.54) is 0 Å². The van der Waals surface area contributed by atoms with Crippen molar-refractivity contribution in [2.24, 2.45) is 5.92 Å². The van der Waals surface area contributed by atoms with Gasteiger partial charge in [-0.2, -0.15) is 10.5 Å². The fourth-order valence-electron chi connectivity index (χ4n) is 2.43. The number of esters is 2. The maximum atomic E-state index is 11.5. The normalized spacial score (nSPS) is 10.7. The highest BCUT2D eigenvalue weighted by Crippen LogP contribution is 2.09. The van der Waals surface area contributed by atoms with E-state index in [-0.39, 0.29) is 13.2 Å². The quantitative estimate of drug-likeness (QED) is 0.195. The highest BCUT2D eigenvalue weighted by Gasteiger charge is 2.23. The third kappa shape index (κ3) is 9.74. The van der Waals surface area contributed by atoms with Gasteiger partial charge >= 0.3 is 11.9 Å². The second kappa shape index (κ2) is 13.7. The van der Waals surface area contributed by atoms with E-state index in [0.717, 1.165) is 30.7 Å². The van der Waals surface area contributed by atoms with Crippen LogP contribution in [-0.4, -0.2) is 69.0 Å². The van der Waals surface area contributed by atoms with Crippen LogP contribution in [0.2, 0.25) is 0 Å². The van der Waals surface area contributed by atoms with Crippen LogP contribution >= 0.6 is 0 Å². The van der Waals surface area contributed by atoms with Crippen molar-refractivity contribution in [3.8, 4) is 12.1 Å². The van der Waals surface area contributed by atoms with Crippen LogP contribution in [0.5, 0.6) is 0 Å². The molecule has 0 aromatic rings. The van der Waals surface area contributed by atoms with Gasteiger partial charge in [-0.05, 0) is 20.8 Å². The van der Waals surface area contributed by atoms with Crippen LogP contribution in [0.1, 0.15) is 27.2 Å². The van der Waals surface area contributed by atoms with Gasteiger partial charge in [0.05, 0.1) is 51.6 Å². The highest BCUT2D eigenvalue weighted by atomic mass is 16.6. The maximum absolute atomic E-state index is 11.5. The van der Waals surface area contributed by atoms with E-state index in [9.17, 15) is 9.59 Å². The van der Waals surface area contributed by atoms with Crippen molar-refractivity contribution in [2.75, 3.05) is 52.6 Å². The van der Waals surface area contributed by atoms with Crippen LogP contribution in [0.3, 0.4) is 0 Å². The number of quaternary nitrogens is 1. The molecule has 0 aromatic carbocycles. The molecular weight excluding hydrogens is 350 g/mol. The fourth-order valence-corrected chi connectivity index (χ4v) is 2.43. The summed E-state index contributed by atoms with van der Waals surface area (Å²) in [6.45, 7) is 13.9. The van der Waals surface area contributed by atoms with E-state index in [2.05, 4.69) is 20.4 Å². The lowest BCUT2D eigenvalue weighted by Gasteiger charge is -2.36. The van der Waals surface area contributed by atoms with Crippen LogP contribution in [0, 0.1) is 28.6 Å². The van der Waals surface area contributed by atoms with Gasteiger partial charge in [0.2, 0.25) is 5.92 Å². The Balaban J connectivity index is 4.16. The molecule has 0 aromatic heterocycles. The van der Waals surface area contributed by atoms with Crippen LogP contribution in [-0.2, 0) is 23.8 Å². The lowest BCUT2D eigenvalue weighted by atomic mass is 10.2. The number of carbonyl (C=O) groups excluding carboxylic acids is 2. The van der Waals surface area contributed by atoms with E-state index < -0.39 is 17.9 Å². The number of nitriles is 2. The van der Waals surface area contributed by atoms with E-state index >= 15 is 0 Å². The molecule has 0 bridgehead atoms. The number of nitrogens with zero attached hydrogens (tertiary/aromatic N) is 3. The Hall–Kier alpha value is -2.42. The molecule has 0 saturated carbocycles. The zero-order chi connectivity index (χ0) is 20.7. The van der Waals surface area contributed by atoms with E-state index in [0.29, 0.717) is 25.2 Å². The average molecular weight is 380 g/mol. The molecule has 0 aliphatic heterocycles. The highest BCUT2D eigenvalue weighted by molar-refractivity contribution is 5.86. The van der Waals surface area contributed by atoms with E-state index in [1.807, 2.05) is 0 Å². The number of likely N-dealkylation sites (N-methyl/N-ethyl adjacent to an activating group) is 1. The molecule has 0 radical (unpaired) electrons. The van der Waals surface area contributed by atoms with Crippen molar-refractivity contribution in [3.05, 3.63) is 12.2 Å². The minimum absolute atomic E-state index is 0.177. The molecule has 0 fully saturated rings. The molecule has 0 unspecified atom stereocenters. The van der Waals surface area contributed by atoms with E-state index in [1.54, 1.807) is 19.1 Å². The minimum atomic E-state index is -1.37. The van der Waals surface area contributed by atoms with Gasteiger partial charge in [0, 0.05) is 12.0 Å². The monoisotopic (exact) mass is 380 g/mol. The van der Waals surface area contributed by atoms with Crippen molar-refractivity contribution in [3.63, 3.8) is 0 Å². The third-order valence-corrected chi connectivity index (χ3v) is 4.38. The molecule has 0 aliphatic rings. The second-order valence-corrected chi connectivity index (χ2v) is 6.16. The molecule has 27 heavy (non-hydrogen) atoms. The van der Waals surface area contributed by atoms with Crippen LogP contribution < -0.4 is 0 Å². The lowest BCUT2D eigenvalue weighted by molar-refractivity contribution is -0.925. The van der Waals surface area contributed by atoms with Crippen molar-refractivity contribution < 1.29 is 28.3 Å². The second-order valence-electron chi connectivity index (χ2n) is 6.16. The number of hydrogen-bond donors (Lipinski definition) is 0. The van der Waals surface area contributed by atoms with E-state index in [4.69, 9.17) is 24.7 Å². The molecule has 0 rings (SSSR count). The molecule has 0 N–H and O–H groups in total. The zero-order valence-electron chi connectivity index (χ0n) is 16.5. The van der Waals surface area contributed by atoms with Crippen LogP contribution in [0.25, 0.3) is 0 Å². The summed E-state index contributed by atoms with van der Waals surface area (Å²) < 4.78 is 16.3. The maximum Gasteiger partial charge on any atom is 0.338 e. The molecule has 0 saturated heterocycles. The van der Waals surface area contributed by atoms with Gasteiger partial charge in [0.15, 0.2) is 0 Å². The number of rotatable bonds is 14. The Morgan fingerprint density at radius 1 is 1.00 bits per heavy atom. The average Bonchev–Trinajstić information content (AvgIpc) is 2.67. The Labute approximate surface area is 161 Å². The Kier molecular flexibility index (Phi) is 12.5. The summed E-state index contributed by atoms with van der Waals surface area (Å²) in [5.41, 5.74) is 0.360. The summed E-state index contributed by atoms with van der Waals surface area (Å²) in [5, 5.41) is 17.3. The van der Waals surface area contributed by atoms with Crippen molar-refractivity contribution in [1.29, 1.82) is 10.5 Å². The Morgan fingerprint density at radius 3 is 2.15 bits per heavy atom. The standard InChI is InChI=1S/C19H30N3O5/c1-5-22(6-2,8-7-10-26-19(24)17(14-20)15-21)9-11-25-12-13-27-18(23)16(3)4/h17H,3,5-13H2,1-2,4H3/q+1. The predicted molar refractivity (Wildman–Crippen MR) is 98.0 cm³/mol. The molecule has 0 spiro atoms. The summed E-state index contributed by atoms with van der Waals surface area (Å²) in [4.78, 5) is 22.7. The van der Waals surface area contributed by atoms with Gasteiger partial charge in [0.1, 0.15) is 13.2 Å². The molecule has 0 amide bonds. The largest absolute Gasteiger partial charge is 0.464 e. The predicted octanol–water partition coefficient (Wildman–Crippen LogP) is 1.58. The van der Waals surface area contributed by atoms with Crippen molar-refractivity contribution >= 4 is 11.9 Å². The summed E-state index contributed by atoms with van der Waals surface area (Å²) in [6, 6.07) is 3.19. The first-order chi connectivity index (χ1) is 12.9. The third-order valence-electron chi connectivity index (χ3n) is 4.38. The molecule has 150 valence electrons. The van der Waals surface area contributed by atoms with Gasteiger partial charge in [-0.15, -0.1) is 0 Å². The summed E-state index contributed by atoms with van der Waals surface area (Å²) in [7, 11) is 0. The summed E-state index contributed by atoms with van der Waals surface area (Å²) in [5.74, 6) is -2.58. The van der Waals surface area contributed by atoms with Crippen molar-refractivity contribution in [2.45, 2.75) is 27.2 Å². The van der Waals surface area contributed by atoms with Crippen molar-refractivity contribution in [1.82, 2.24) is 0 Å². The molecular formula is C19H30N3O5+. The minimum Gasteiger partial charge on any atom is -0.464 e. The van der Waals surface area contributed by atoms with Gasteiger partial charge in [0.25, 0.3) is 0 Å². The number of carbonyl (C=O) groups is 2. The molecule has 8 heteroatoms. The Morgan fingerprint density at radius 2 is 1.63 bits per heavy atom. The first kappa shape index (κ1) is 24.6. The molecule has 0 heterocycles. The molecule has 0 aliphatic carbocycles. The van der Waals surface area contributed by atoms with Gasteiger partial charge < -0.3 is 18.7 Å². The Bertz CT molecular complexity index is 559. The fraction of sp³-hybridized carbons (Fsp3) is 0.684. The topological polar surface area (TPSA) is 109 Å². The zero-order valence-corrected chi connectivity index (χ0v) is 16.5. The number of hydrogen-bond acceptors (Lipinski definition) is 7. The first-order valence-electron chi connectivity index (χ1n) is 9.07. The molecule has 0 atom stereocenters. The SMILES string of the molecule is C=C(C)C(=O)OCCOCC[N+](CC)(CC)CCCOC(=O)C(C#N)C#N.